The number of esters is 1. The van der Waals surface area contributed by atoms with E-state index in [-0.39, 0.29) is 18.2 Å². The Morgan fingerprint density at radius 3 is 2.45 bits per heavy atom. The van der Waals surface area contributed by atoms with Crippen molar-refractivity contribution >= 4 is 12.0 Å². The van der Waals surface area contributed by atoms with Crippen molar-refractivity contribution in [3.05, 3.63) is 35.4 Å². The molecule has 0 bridgehead atoms. The van der Waals surface area contributed by atoms with Gasteiger partial charge in [-0.25, -0.2) is 9.59 Å². The molecule has 2 rings (SSSR count). The van der Waals surface area contributed by atoms with Crippen LogP contribution in [0.3, 0.4) is 0 Å². The van der Waals surface area contributed by atoms with Gasteiger partial charge in [-0.2, -0.15) is 13.2 Å². The Kier molecular flexibility index (Phi) is 4.58. The average molecular weight is 316 g/mol. The van der Waals surface area contributed by atoms with E-state index in [1.165, 1.54) is 4.90 Å². The monoisotopic (exact) mass is 316 g/mol. The molecule has 0 spiro atoms. The van der Waals surface area contributed by atoms with Crippen LogP contribution in [0.5, 0.6) is 0 Å². The number of amides is 2. The number of ether oxygens (including phenoxy) is 1. The molecule has 1 aliphatic rings. The predicted octanol–water partition coefficient (Wildman–Crippen LogP) is 2.41. The lowest BCUT2D eigenvalue weighted by atomic mass is 10.1. The van der Waals surface area contributed by atoms with Gasteiger partial charge in [0.15, 0.2) is 0 Å². The molecule has 0 saturated carbocycles. The summed E-state index contributed by atoms with van der Waals surface area (Å²) in [6, 6.07) is 2.91. The van der Waals surface area contributed by atoms with Crippen molar-refractivity contribution in [2.45, 2.75) is 25.1 Å². The van der Waals surface area contributed by atoms with Crippen LogP contribution in [0.2, 0.25) is 0 Å². The number of hydrogen-bond donors (Lipinski definition) is 1. The number of nitrogens with two attached hydrogens (primary N) is 1. The van der Waals surface area contributed by atoms with E-state index in [4.69, 9.17) is 10.5 Å². The van der Waals surface area contributed by atoms with Crippen LogP contribution in [-0.2, 0) is 10.9 Å². The lowest BCUT2D eigenvalue weighted by Gasteiger charge is -2.22. The standard InChI is InChI=1S/C14H15F3N2O3/c15-14(16,17)10-5-3-9(4-6-10)12(20)22-8-11-2-1-7-19(11)13(18)21/h3-6,11H,1-2,7-8H2,(H2,18,21). The number of primary amides is 1. The first-order chi connectivity index (χ1) is 10.3. The molecule has 1 fully saturated rings. The maximum absolute atomic E-state index is 12.4. The molecule has 0 aromatic heterocycles. The van der Waals surface area contributed by atoms with Gasteiger partial charge in [0.1, 0.15) is 6.61 Å². The minimum absolute atomic E-state index is 0.0246. The van der Waals surface area contributed by atoms with Crippen LogP contribution in [-0.4, -0.2) is 36.1 Å². The first kappa shape index (κ1) is 16.1. The molecule has 0 aliphatic carbocycles. The maximum Gasteiger partial charge on any atom is 0.416 e. The molecule has 120 valence electrons. The van der Waals surface area contributed by atoms with E-state index in [9.17, 15) is 22.8 Å². The van der Waals surface area contributed by atoms with E-state index in [0.29, 0.717) is 13.0 Å². The van der Waals surface area contributed by atoms with Crippen molar-refractivity contribution in [1.82, 2.24) is 4.90 Å². The van der Waals surface area contributed by atoms with Crippen LogP contribution in [0, 0.1) is 0 Å². The van der Waals surface area contributed by atoms with Crippen LogP contribution < -0.4 is 5.73 Å². The van der Waals surface area contributed by atoms with Crippen molar-refractivity contribution in [3.63, 3.8) is 0 Å². The fourth-order valence-corrected chi connectivity index (χ4v) is 2.35. The molecular weight excluding hydrogens is 301 g/mol. The lowest BCUT2D eigenvalue weighted by molar-refractivity contribution is -0.137. The van der Waals surface area contributed by atoms with Gasteiger partial charge in [-0.15, -0.1) is 0 Å². The van der Waals surface area contributed by atoms with Crippen molar-refractivity contribution in [3.8, 4) is 0 Å². The van der Waals surface area contributed by atoms with Gasteiger partial charge in [0.25, 0.3) is 0 Å². The molecule has 1 aliphatic heterocycles. The van der Waals surface area contributed by atoms with Crippen molar-refractivity contribution in [2.75, 3.05) is 13.2 Å². The molecule has 22 heavy (non-hydrogen) atoms. The van der Waals surface area contributed by atoms with Crippen LogP contribution in [0.25, 0.3) is 0 Å². The normalized spacial score (nSPS) is 18.3. The molecule has 1 saturated heterocycles. The number of alkyl halides is 3. The number of urea groups is 1. The first-order valence-electron chi connectivity index (χ1n) is 6.69. The van der Waals surface area contributed by atoms with Gasteiger partial charge in [0.2, 0.25) is 0 Å². The second-order valence-electron chi connectivity index (χ2n) is 5.00. The molecule has 0 radical (unpaired) electrons. The minimum Gasteiger partial charge on any atom is -0.460 e. The fourth-order valence-electron chi connectivity index (χ4n) is 2.35. The summed E-state index contributed by atoms with van der Waals surface area (Å²) in [7, 11) is 0. The van der Waals surface area contributed by atoms with Gasteiger partial charge in [-0.05, 0) is 37.1 Å². The molecule has 1 aromatic carbocycles. The molecule has 5 nitrogen and oxygen atoms in total. The van der Waals surface area contributed by atoms with Gasteiger partial charge in [-0.3, -0.25) is 0 Å². The van der Waals surface area contributed by atoms with Crippen molar-refractivity contribution in [2.24, 2.45) is 5.73 Å². The average Bonchev–Trinajstić information content (AvgIpc) is 2.92. The van der Waals surface area contributed by atoms with Gasteiger partial charge in [0, 0.05) is 6.54 Å². The van der Waals surface area contributed by atoms with E-state index < -0.39 is 23.7 Å². The van der Waals surface area contributed by atoms with E-state index in [1.807, 2.05) is 0 Å². The molecule has 8 heteroatoms. The molecule has 2 N–H and O–H groups in total. The SMILES string of the molecule is NC(=O)N1CCCC1COC(=O)c1ccc(C(F)(F)F)cc1. The quantitative estimate of drug-likeness (QED) is 0.870. The highest BCUT2D eigenvalue weighted by molar-refractivity contribution is 5.89. The predicted molar refractivity (Wildman–Crippen MR) is 71.0 cm³/mol. The summed E-state index contributed by atoms with van der Waals surface area (Å²) < 4.78 is 42.3. The third-order valence-electron chi connectivity index (χ3n) is 3.51. The second kappa shape index (κ2) is 6.25. The van der Waals surface area contributed by atoms with Gasteiger partial charge in [-0.1, -0.05) is 0 Å². The van der Waals surface area contributed by atoms with Gasteiger partial charge < -0.3 is 15.4 Å². The number of carbonyl (C=O) groups excluding carboxylic acids is 2. The van der Waals surface area contributed by atoms with E-state index in [1.54, 1.807) is 0 Å². The largest absolute Gasteiger partial charge is 0.460 e. The maximum atomic E-state index is 12.4. The number of benzene rings is 1. The molecule has 1 atom stereocenters. The Balaban J connectivity index is 1.94. The van der Waals surface area contributed by atoms with Crippen molar-refractivity contribution < 1.29 is 27.5 Å². The summed E-state index contributed by atoms with van der Waals surface area (Å²) >= 11 is 0. The minimum atomic E-state index is -4.45. The number of rotatable bonds is 3. The highest BCUT2D eigenvalue weighted by atomic mass is 19.4. The Hall–Kier alpha value is -2.25. The topological polar surface area (TPSA) is 72.6 Å². The summed E-state index contributed by atoms with van der Waals surface area (Å²) in [4.78, 5) is 24.4. The summed E-state index contributed by atoms with van der Waals surface area (Å²) in [6.07, 6.45) is -3.01. The summed E-state index contributed by atoms with van der Waals surface area (Å²) in [5.74, 6) is -0.731. The highest BCUT2D eigenvalue weighted by Gasteiger charge is 2.31. The summed E-state index contributed by atoms with van der Waals surface area (Å²) in [6.45, 7) is 0.487. The molecular formula is C14H15F3N2O3. The Morgan fingerprint density at radius 2 is 1.91 bits per heavy atom. The Bertz CT molecular complexity index is 557. The molecule has 2 amide bonds. The molecule has 1 unspecified atom stereocenters. The first-order valence-corrected chi connectivity index (χ1v) is 6.69. The smallest absolute Gasteiger partial charge is 0.416 e. The van der Waals surface area contributed by atoms with E-state index in [0.717, 1.165) is 30.7 Å². The third kappa shape index (κ3) is 3.69. The number of hydrogen-bond acceptors (Lipinski definition) is 3. The number of nitrogens with zero attached hydrogens (tertiary/aromatic N) is 1. The zero-order valence-electron chi connectivity index (χ0n) is 11.6. The second-order valence-corrected chi connectivity index (χ2v) is 5.00. The van der Waals surface area contributed by atoms with Crippen molar-refractivity contribution in [1.29, 1.82) is 0 Å². The summed E-state index contributed by atoms with van der Waals surface area (Å²) in [5.41, 5.74) is 4.39. The Morgan fingerprint density at radius 1 is 1.27 bits per heavy atom. The third-order valence-corrected chi connectivity index (χ3v) is 3.51. The number of carbonyl (C=O) groups is 2. The summed E-state index contributed by atoms with van der Waals surface area (Å²) in [5, 5.41) is 0. The molecule has 1 aromatic rings. The zero-order chi connectivity index (χ0) is 16.3. The zero-order valence-corrected chi connectivity index (χ0v) is 11.6. The van der Waals surface area contributed by atoms with E-state index in [2.05, 4.69) is 0 Å². The highest BCUT2D eigenvalue weighted by Crippen LogP contribution is 2.29. The van der Waals surface area contributed by atoms with Gasteiger partial charge >= 0.3 is 18.2 Å². The van der Waals surface area contributed by atoms with E-state index >= 15 is 0 Å². The van der Waals surface area contributed by atoms with Gasteiger partial charge in [0.05, 0.1) is 17.2 Å². The molecule has 1 heterocycles. The van der Waals surface area contributed by atoms with Crippen LogP contribution >= 0.6 is 0 Å². The van der Waals surface area contributed by atoms with Crippen LogP contribution in [0.1, 0.15) is 28.8 Å². The van der Waals surface area contributed by atoms with Crippen LogP contribution in [0.4, 0.5) is 18.0 Å². The lowest BCUT2D eigenvalue weighted by Crippen LogP contribution is -2.41. The number of likely N-dealkylation sites (tertiary alicyclic amines) is 1. The van der Waals surface area contributed by atoms with Crippen LogP contribution in [0.15, 0.2) is 24.3 Å². The Labute approximate surface area is 124 Å². The number of halogens is 3. The fraction of sp³-hybridized carbons (Fsp3) is 0.429.